The van der Waals surface area contributed by atoms with Crippen LogP contribution in [0.5, 0.6) is 0 Å². The summed E-state index contributed by atoms with van der Waals surface area (Å²) in [6.45, 7) is 5.85. The molecular weight excluding hydrogens is 239 g/mol. The first kappa shape index (κ1) is 14.4. The van der Waals surface area contributed by atoms with E-state index >= 15 is 0 Å². The van der Waals surface area contributed by atoms with Gasteiger partial charge in [-0.25, -0.2) is 0 Å². The quantitative estimate of drug-likeness (QED) is 0.796. The molecule has 0 aromatic heterocycles. The average Bonchev–Trinajstić information content (AvgIpc) is 2.30. The third-order valence-electron chi connectivity index (χ3n) is 2.29. The fourth-order valence-electron chi connectivity index (χ4n) is 1.46. The van der Waals surface area contributed by atoms with E-state index in [1.165, 1.54) is 0 Å². The Bertz CT molecular complexity index is 378. The lowest BCUT2D eigenvalue weighted by Crippen LogP contribution is -2.06. The Balaban J connectivity index is 2.95. The van der Waals surface area contributed by atoms with Crippen LogP contribution < -0.4 is 0 Å². The maximum absolute atomic E-state index is 12.3. The van der Waals surface area contributed by atoms with Gasteiger partial charge < -0.3 is 14.2 Å². The van der Waals surface area contributed by atoms with E-state index in [0.29, 0.717) is 5.56 Å². The SMILES string of the molecule is CCOP(=O)(OCC)[C@H](O)c1ccc(C)cc1. The van der Waals surface area contributed by atoms with Gasteiger partial charge in [-0.1, -0.05) is 29.8 Å². The summed E-state index contributed by atoms with van der Waals surface area (Å²) in [4.78, 5) is 0. The molecule has 0 saturated heterocycles. The molecule has 0 radical (unpaired) electrons. The Kier molecular flexibility index (Phi) is 5.34. The number of hydrogen-bond donors (Lipinski definition) is 1. The fourth-order valence-corrected chi connectivity index (χ4v) is 3.07. The first-order valence-electron chi connectivity index (χ1n) is 5.67. The van der Waals surface area contributed by atoms with E-state index in [9.17, 15) is 9.67 Å². The smallest absolute Gasteiger partial charge is 0.363 e. The monoisotopic (exact) mass is 258 g/mol. The Morgan fingerprint density at radius 1 is 1.18 bits per heavy atom. The van der Waals surface area contributed by atoms with Gasteiger partial charge in [-0.2, -0.15) is 0 Å². The van der Waals surface area contributed by atoms with Gasteiger partial charge in [0.15, 0.2) is 5.85 Å². The van der Waals surface area contributed by atoms with Crippen molar-refractivity contribution in [2.75, 3.05) is 13.2 Å². The van der Waals surface area contributed by atoms with Gasteiger partial charge in [0.2, 0.25) is 0 Å². The molecule has 0 aliphatic heterocycles. The Morgan fingerprint density at radius 3 is 2.06 bits per heavy atom. The van der Waals surface area contributed by atoms with Gasteiger partial charge in [0.1, 0.15) is 0 Å². The lowest BCUT2D eigenvalue weighted by atomic mass is 10.2. The van der Waals surface area contributed by atoms with E-state index in [0.717, 1.165) is 5.56 Å². The number of benzene rings is 1. The summed E-state index contributed by atoms with van der Waals surface area (Å²) in [7, 11) is -3.49. The van der Waals surface area contributed by atoms with Crippen LogP contribution in [0, 0.1) is 6.92 Å². The standard InChI is InChI=1S/C12H19O4P/c1-4-15-17(14,16-5-2)12(13)11-8-6-10(3)7-9-11/h6-9,12-13H,4-5H2,1-3H3/t12-/m0/s1. The number of hydrogen-bond acceptors (Lipinski definition) is 4. The normalized spacial score (nSPS) is 13.6. The van der Waals surface area contributed by atoms with Gasteiger partial charge in [-0.15, -0.1) is 0 Å². The predicted molar refractivity (Wildman–Crippen MR) is 67.0 cm³/mol. The highest BCUT2D eigenvalue weighted by molar-refractivity contribution is 7.54. The predicted octanol–water partition coefficient (Wildman–Crippen LogP) is 3.25. The maximum Gasteiger partial charge on any atom is 0.363 e. The molecule has 0 heterocycles. The summed E-state index contributed by atoms with van der Waals surface area (Å²) < 4.78 is 22.5. The van der Waals surface area contributed by atoms with Crippen molar-refractivity contribution in [1.82, 2.24) is 0 Å². The Morgan fingerprint density at radius 2 is 1.65 bits per heavy atom. The van der Waals surface area contributed by atoms with Crippen molar-refractivity contribution >= 4 is 7.60 Å². The summed E-state index contributed by atoms with van der Waals surface area (Å²) >= 11 is 0. The zero-order valence-electron chi connectivity index (χ0n) is 10.4. The van der Waals surface area contributed by atoms with Crippen LogP contribution in [0.3, 0.4) is 0 Å². The van der Waals surface area contributed by atoms with Crippen molar-refractivity contribution in [3.05, 3.63) is 35.4 Å². The highest BCUT2D eigenvalue weighted by Crippen LogP contribution is 2.59. The van der Waals surface area contributed by atoms with Gasteiger partial charge in [0.05, 0.1) is 13.2 Å². The van der Waals surface area contributed by atoms with Crippen molar-refractivity contribution in [2.45, 2.75) is 26.6 Å². The second-order valence-corrected chi connectivity index (χ2v) is 5.74. The van der Waals surface area contributed by atoms with Crippen LogP contribution in [0.1, 0.15) is 30.8 Å². The Labute approximate surface area is 102 Å². The van der Waals surface area contributed by atoms with E-state index in [1.807, 2.05) is 19.1 Å². The molecular formula is C12H19O4P. The number of aliphatic hydroxyl groups excluding tert-OH is 1. The van der Waals surface area contributed by atoms with E-state index in [1.54, 1.807) is 26.0 Å². The van der Waals surface area contributed by atoms with Crippen LogP contribution in [0.2, 0.25) is 0 Å². The third kappa shape index (κ3) is 3.65. The van der Waals surface area contributed by atoms with E-state index in [2.05, 4.69) is 0 Å². The van der Waals surface area contributed by atoms with Crippen LogP contribution in [-0.2, 0) is 13.6 Å². The zero-order chi connectivity index (χ0) is 12.9. The molecule has 4 nitrogen and oxygen atoms in total. The van der Waals surface area contributed by atoms with Gasteiger partial charge in [-0.05, 0) is 26.3 Å². The van der Waals surface area contributed by atoms with Gasteiger partial charge in [-0.3, -0.25) is 4.57 Å². The lowest BCUT2D eigenvalue weighted by molar-refractivity contribution is 0.150. The van der Waals surface area contributed by atoms with Crippen molar-refractivity contribution in [3.63, 3.8) is 0 Å². The molecule has 0 fully saturated rings. The third-order valence-corrected chi connectivity index (χ3v) is 4.43. The van der Waals surface area contributed by atoms with Gasteiger partial charge in [0.25, 0.3) is 0 Å². The maximum atomic E-state index is 12.3. The lowest BCUT2D eigenvalue weighted by Gasteiger charge is -2.22. The first-order chi connectivity index (χ1) is 8.03. The molecule has 1 rings (SSSR count). The molecule has 0 aliphatic rings. The first-order valence-corrected chi connectivity index (χ1v) is 7.28. The molecule has 1 aromatic rings. The molecule has 0 bridgehead atoms. The number of aryl methyl sites for hydroxylation is 1. The summed E-state index contributed by atoms with van der Waals surface area (Å²) in [5, 5.41) is 10.1. The molecule has 0 unspecified atom stereocenters. The molecule has 1 N–H and O–H groups in total. The summed E-state index contributed by atoms with van der Waals surface area (Å²) in [5.41, 5.74) is 1.62. The zero-order valence-corrected chi connectivity index (χ0v) is 11.3. The molecule has 5 heteroatoms. The molecule has 0 aliphatic carbocycles. The number of rotatable bonds is 6. The molecule has 96 valence electrons. The van der Waals surface area contributed by atoms with Gasteiger partial charge in [0, 0.05) is 0 Å². The van der Waals surface area contributed by atoms with E-state index in [-0.39, 0.29) is 13.2 Å². The van der Waals surface area contributed by atoms with Crippen LogP contribution in [-0.4, -0.2) is 18.3 Å². The van der Waals surface area contributed by atoms with Crippen molar-refractivity contribution in [3.8, 4) is 0 Å². The topological polar surface area (TPSA) is 55.8 Å². The summed E-state index contributed by atoms with van der Waals surface area (Å²) in [6.07, 6.45) is 0. The van der Waals surface area contributed by atoms with Crippen LogP contribution in [0.4, 0.5) is 0 Å². The van der Waals surface area contributed by atoms with E-state index in [4.69, 9.17) is 9.05 Å². The van der Waals surface area contributed by atoms with Crippen LogP contribution in [0.15, 0.2) is 24.3 Å². The second-order valence-electron chi connectivity index (χ2n) is 3.66. The van der Waals surface area contributed by atoms with Crippen LogP contribution in [0.25, 0.3) is 0 Å². The highest BCUT2D eigenvalue weighted by Gasteiger charge is 2.35. The van der Waals surface area contributed by atoms with Crippen molar-refractivity contribution < 1.29 is 18.7 Å². The molecule has 1 atom stereocenters. The minimum atomic E-state index is -3.49. The Hall–Kier alpha value is -0.670. The van der Waals surface area contributed by atoms with E-state index < -0.39 is 13.4 Å². The molecule has 0 amide bonds. The molecule has 0 spiro atoms. The molecule has 1 aromatic carbocycles. The molecule has 0 saturated carbocycles. The number of aliphatic hydroxyl groups is 1. The average molecular weight is 258 g/mol. The van der Waals surface area contributed by atoms with Crippen molar-refractivity contribution in [2.24, 2.45) is 0 Å². The second kappa shape index (κ2) is 6.31. The summed E-state index contributed by atoms with van der Waals surface area (Å²) in [5.74, 6) is -1.23. The fraction of sp³-hybridized carbons (Fsp3) is 0.500. The minimum Gasteiger partial charge on any atom is -0.376 e. The summed E-state index contributed by atoms with van der Waals surface area (Å²) in [6, 6.07) is 7.15. The molecule has 17 heavy (non-hydrogen) atoms. The minimum absolute atomic E-state index is 0.236. The largest absolute Gasteiger partial charge is 0.376 e. The van der Waals surface area contributed by atoms with Crippen molar-refractivity contribution in [1.29, 1.82) is 0 Å². The van der Waals surface area contributed by atoms with Gasteiger partial charge >= 0.3 is 7.60 Å². The van der Waals surface area contributed by atoms with Crippen LogP contribution >= 0.6 is 7.60 Å². The highest BCUT2D eigenvalue weighted by atomic mass is 31.2.